The summed E-state index contributed by atoms with van der Waals surface area (Å²) in [5.41, 5.74) is 31.3. The van der Waals surface area contributed by atoms with E-state index in [1.165, 1.54) is 100.0 Å². The van der Waals surface area contributed by atoms with Gasteiger partial charge in [0.05, 0.1) is 39.0 Å². The lowest BCUT2D eigenvalue weighted by atomic mass is 9.34. The van der Waals surface area contributed by atoms with E-state index >= 15 is 0 Å². The number of benzene rings is 10. The highest BCUT2D eigenvalue weighted by atomic mass is 16.3. The fourth-order valence-corrected chi connectivity index (χ4v) is 13.9. The fraction of sp³-hybridized carbons (Fsp3) is 0.225. The highest BCUT2D eigenvalue weighted by Crippen LogP contribution is 2.45. The Balaban J connectivity index is 1.13. The van der Waals surface area contributed by atoms with Gasteiger partial charge in [-0.15, -0.1) is 0 Å². The number of hydrogen-bond donors (Lipinski definition) is 1. The van der Waals surface area contributed by atoms with Crippen molar-refractivity contribution in [2.75, 3.05) is 0 Å². The average molecular weight is 1120 g/mol. The molecular formula is C80H79BN4O. The molecule has 0 aliphatic rings. The summed E-state index contributed by atoms with van der Waals surface area (Å²) in [6.45, 7) is 32.0. The van der Waals surface area contributed by atoms with Gasteiger partial charge in [0.1, 0.15) is 17.4 Å². The number of aromatic hydroxyl groups is 1. The molecule has 6 heteroatoms. The molecule has 0 fully saturated rings. The van der Waals surface area contributed by atoms with Crippen molar-refractivity contribution in [2.24, 2.45) is 0 Å². The van der Waals surface area contributed by atoms with E-state index in [4.69, 9.17) is 9.97 Å². The minimum absolute atomic E-state index is 0.0247. The van der Waals surface area contributed by atoms with Crippen LogP contribution in [0, 0.1) is 41.5 Å². The minimum Gasteiger partial charge on any atom is -0.507 e. The lowest BCUT2D eigenvalue weighted by Gasteiger charge is -2.26. The summed E-state index contributed by atoms with van der Waals surface area (Å²) in [4.78, 5) is 11.4. The Hall–Kier alpha value is -9.00. The molecule has 0 atom stereocenters. The Kier molecular flexibility index (Phi) is 15.4. The molecule has 0 saturated heterocycles. The molecule has 10 aromatic carbocycles. The second-order valence-electron chi connectivity index (χ2n) is 25.5. The molecule has 2 aromatic heterocycles. The molecule has 0 aliphatic carbocycles. The molecule has 0 radical (unpaired) electrons. The molecule has 0 unspecified atom stereocenters. The maximum atomic E-state index is 11.8. The van der Waals surface area contributed by atoms with Crippen LogP contribution in [-0.4, -0.2) is 30.9 Å². The van der Waals surface area contributed by atoms with Crippen molar-refractivity contribution in [3.05, 3.63) is 250 Å². The van der Waals surface area contributed by atoms with Crippen molar-refractivity contribution >= 4 is 45.2 Å². The highest BCUT2D eigenvalue weighted by molar-refractivity contribution is 6.96. The van der Waals surface area contributed by atoms with Crippen LogP contribution in [-0.2, 0) is 0 Å². The van der Waals surface area contributed by atoms with E-state index in [-0.39, 0.29) is 36.1 Å². The summed E-state index contributed by atoms with van der Waals surface area (Å²) in [6, 6.07) is 70.8. The lowest BCUT2D eigenvalue weighted by molar-refractivity contribution is 0.477. The van der Waals surface area contributed by atoms with E-state index in [0.717, 1.165) is 50.3 Å². The van der Waals surface area contributed by atoms with Crippen LogP contribution in [0.2, 0.25) is 0 Å². The van der Waals surface area contributed by atoms with Crippen LogP contribution in [0.25, 0.3) is 89.6 Å². The molecule has 2 heterocycles. The summed E-state index contributed by atoms with van der Waals surface area (Å²) in [6.07, 6.45) is 0. The van der Waals surface area contributed by atoms with Gasteiger partial charge in [0.15, 0.2) is 0 Å². The van der Waals surface area contributed by atoms with Crippen molar-refractivity contribution in [1.82, 2.24) is 19.1 Å². The smallest absolute Gasteiger partial charge is 0.242 e. The van der Waals surface area contributed by atoms with Crippen LogP contribution in [0.3, 0.4) is 0 Å². The zero-order valence-corrected chi connectivity index (χ0v) is 52.6. The largest absolute Gasteiger partial charge is 0.507 e. The van der Waals surface area contributed by atoms with Crippen LogP contribution < -0.4 is 16.4 Å². The maximum Gasteiger partial charge on any atom is 0.242 e. The first-order valence-corrected chi connectivity index (χ1v) is 30.9. The Morgan fingerprint density at radius 1 is 0.360 bits per heavy atom. The number of imidazole rings is 2. The summed E-state index contributed by atoms with van der Waals surface area (Å²) in [5.74, 6) is 2.48. The molecule has 86 heavy (non-hydrogen) atoms. The predicted molar refractivity (Wildman–Crippen MR) is 367 cm³/mol. The van der Waals surface area contributed by atoms with Crippen molar-refractivity contribution in [3.8, 4) is 73.3 Å². The third kappa shape index (κ3) is 10.4. The average Bonchev–Trinajstić information content (AvgIpc) is 1.70. The number of nitrogens with zero attached hydrogens (tertiary/aromatic N) is 4. The van der Waals surface area contributed by atoms with Gasteiger partial charge >= 0.3 is 0 Å². The summed E-state index contributed by atoms with van der Waals surface area (Å²) in [7, 11) is 0. The highest BCUT2D eigenvalue weighted by Gasteiger charge is 2.32. The summed E-state index contributed by atoms with van der Waals surface area (Å²) < 4.78 is 4.85. The van der Waals surface area contributed by atoms with E-state index in [1.807, 2.05) is 18.2 Å². The number of rotatable bonds is 14. The lowest BCUT2D eigenvalue weighted by Crippen LogP contribution is -2.55. The first-order chi connectivity index (χ1) is 41.4. The number of para-hydroxylation sites is 2. The van der Waals surface area contributed by atoms with Gasteiger partial charge in [-0.25, -0.2) is 9.97 Å². The van der Waals surface area contributed by atoms with E-state index in [9.17, 15) is 5.11 Å². The van der Waals surface area contributed by atoms with Gasteiger partial charge in [0, 0.05) is 11.1 Å². The van der Waals surface area contributed by atoms with Crippen LogP contribution in [0.4, 0.5) is 0 Å². The number of fused-ring (bicyclic) bond motifs is 2. The number of aromatic nitrogens is 4. The molecular weight excluding hydrogens is 1040 g/mol. The Morgan fingerprint density at radius 2 is 0.791 bits per heavy atom. The van der Waals surface area contributed by atoms with Crippen molar-refractivity contribution in [3.63, 3.8) is 0 Å². The molecule has 0 bridgehead atoms. The molecule has 1 N–H and O–H groups in total. The summed E-state index contributed by atoms with van der Waals surface area (Å²) >= 11 is 0. The summed E-state index contributed by atoms with van der Waals surface area (Å²) in [5, 5.41) is 11.8. The van der Waals surface area contributed by atoms with Gasteiger partial charge in [-0.05, 0) is 176 Å². The monoisotopic (exact) mass is 1120 g/mol. The fourth-order valence-electron chi connectivity index (χ4n) is 13.9. The van der Waals surface area contributed by atoms with Crippen LogP contribution >= 0.6 is 0 Å². The van der Waals surface area contributed by atoms with Gasteiger partial charge in [-0.1, -0.05) is 239 Å². The first-order valence-electron chi connectivity index (χ1n) is 30.9. The van der Waals surface area contributed by atoms with Crippen LogP contribution in [0.5, 0.6) is 5.75 Å². The van der Waals surface area contributed by atoms with Gasteiger partial charge in [-0.3, -0.25) is 9.13 Å². The van der Waals surface area contributed by atoms with Gasteiger partial charge in [0.2, 0.25) is 6.71 Å². The molecule has 12 aromatic rings. The zero-order valence-electron chi connectivity index (χ0n) is 52.6. The van der Waals surface area contributed by atoms with E-state index in [2.05, 4.69) is 276 Å². The standard InChI is InChI=1S/C80H79BN4O/c1-47(2)66-42-61(57-25-17-15-18-26-57)43-67(48(3)4)77(66)84-71-33-24-32-64(76(71)83-80(84)65-31-21-22-34-73(65)86)59-29-23-30-60(41-59)79-82-70-36-35-63(81(74-53(11)37-51(9)38-54(74)12)75-55(13)39-52(10)40-56(75)14)46-72(70)85(79)78-68(49(5)6)44-62(45-69(78)50(7)8)58-27-19-16-20-28-58/h15-50,86H,1-14H3. The molecule has 0 saturated carbocycles. The Bertz CT molecular complexity index is 4400. The molecule has 0 spiro atoms. The van der Waals surface area contributed by atoms with Crippen LogP contribution in [0.15, 0.2) is 194 Å². The van der Waals surface area contributed by atoms with Crippen molar-refractivity contribution < 1.29 is 5.11 Å². The van der Waals surface area contributed by atoms with Crippen LogP contribution in [0.1, 0.15) is 135 Å². The Morgan fingerprint density at radius 3 is 1.28 bits per heavy atom. The predicted octanol–water partition coefficient (Wildman–Crippen LogP) is 19.3. The maximum absolute atomic E-state index is 11.8. The number of phenolic OH excluding ortho intramolecular Hbond substituents is 1. The van der Waals surface area contributed by atoms with Crippen molar-refractivity contribution in [2.45, 2.75) is 121 Å². The number of phenols is 1. The molecule has 12 rings (SSSR count). The topological polar surface area (TPSA) is 55.9 Å². The molecule has 0 amide bonds. The normalized spacial score (nSPS) is 11.8. The second kappa shape index (κ2) is 23.1. The minimum atomic E-state index is -0.0247. The molecule has 0 aliphatic heterocycles. The Labute approximate surface area is 510 Å². The SMILES string of the molecule is Cc1cc(C)c(B(c2ccc3nc(-c4cccc(-c5cccc6c5nc(-c5ccccc5O)n6-c5c(C(C)C)cc(-c6ccccc6)cc5C(C)C)c4)n(-c4c(C(C)C)cc(-c5ccccc5)cc4C(C)C)c3c2)c2c(C)cc(C)cc2C)c(C)c1. The van der Waals surface area contributed by atoms with E-state index in [1.54, 1.807) is 6.07 Å². The van der Waals surface area contributed by atoms with E-state index < -0.39 is 0 Å². The van der Waals surface area contributed by atoms with E-state index in [0.29, 0.717) is 11.4 Å². The molecule has 5 nitrogen and oxygen atoms in total. The van der Waals surface area contributed by atoms with Gasteiger partial charge in [-0.2, -0.15) is 0 Å². The third-order valence-electron chi connectivity index (χ3n) is 17.8. The molecule has 428 valence electrons. The number of aryl methyl sites for hydroxylation is 6. The van der Waals surface area contributed by atoms with Gasteiger partial charge in [0.25, 0.3) is 0 Å². The number of hydrogen-bond acceptors (Lipinski definition) is 3. The second-order valence-corrected chi connectivity index (χ2v) is 25.5. The zero-order chi connectivity index (χ0) is 60.4. The quantitative estimate of drug-likeness (QED) is 0.110. The van der Waals surface area contributed by atoms with Crippen molar-refractivity contribution in [1.29, 1.82) is 0 Å². The van der Waals surface area contributed by atoms with Gasteiger partial charge < -0.3 is 5.11 Å². The first kappa shape index (κ1) is 57.4. The third-order valence-corrected chi connectivity index (χ3v) is 17.8.